The van der Waals surface area contributed by atoms with E-state index in [4.69, 9.17) is 0 Å². The van der Waals surface area contributed by atoms with Gasteiger partial charge in [-0.2, -0.15) is 0 Å². The van der Waals surface area contributed by atoms with Crippen molar-refractivity contribution in [2.45, 2.75) is 26.2 Å². The molecule has 4 heteroatoms. The number of hydrogen-bond donors (Lipinski definition) is 0. The van der Waals surface area contributed by atoms with Crippen LogP contribution in [0.3, 0.4) is 0 Å². The molecule has 1 aliphatic heterocycles. The van der Waals surface area contributed by atoms with Crippen molar-refractivity contribution in [3.8, 4) is 0 Å². The molecule has 2 aromatic heterocycles. The van der Waals surface area contributed by atoms with E-state index in [1.54, 1.807) is 6.33 Å². The topological polar surface area (TPSA) is 41.9 Å². The SMILES string of the molecule is C=CC1CCN(C)CC1.Cc1ncnc2ccc(C3=CCc4ncccc43)cc12. The molecule has 3 heterocycles. The lowest BCUT2D eigenvalue weighted by molar-refractivity contribution is 0.244. The largest absolute Gasteiger partial charge is 0.306 e. The van der Waals surface area contributed by atoms with Gasteiger partial charge in [0.15, 0.2) is 0 Å². The first kappa shape index (κ1) is 19.5. The molecule has 1 saturated heterocycles. The Morgan fingerprint density at radius 2 is 1.93 bits per heavy atom. The van der Waals surface area contributed by atoms with Gasteiger partial charge in [-0.3, -0.25) is 4.98 Å². The predicted octanol–water partition coefficient (Wildman–Crippen LogP) is 4.84. The van der Waals surface area contributed by atoms with E-state index in [-0.39, 0.29) is 0 Å². The Bertz CT molecular complexity index is 1050. The van der Waals surface area contributed by atoms with Crippen molar-refractivity contribution in [2.75, 3.05) is 20.1 Å². The van der Waals surface area contributed by atoms with E-state index in [0.29, 0.717) is 0 Å². The Morgan fingerprint density at radius 3 is 2.72 bits per heavy atom. The number of aromatic nitrogens is 3. The highest BCUT2D eigenvalue weighted by Gasteiger charge is 2.16. The third kappa shape index (κ3) is 4.28. The molecule has 0 unspecified atom stereocenters. The molecule has 29 heavy (non-hydrogen) atoms. The van der Waals surface area contributed by atoms with Crippen LogP contribution >= 0.6 is 0 Å². The standard InChI is InChI=1S/C17H13N3.C8H15N/c1-11-15-9-12(4-6-17(15)20-10-19-11)13-5-7-16-14(13)3-2-8-18-16;1-3-8-4-6-9(2)7-5-8/h2-6,8-10H,7H2,1H3;3,8H,1,4-7H2,2H3. The van der Waals surface area contributed by atoms with Crippen LogP contribution in [0.1, 0.15) is 35.4 Å². The smallest absolute Gasteiger partial charge is 0.116 e. The molecule has 3 aromatic rings. The third-order valence-corrected chi connectivity index (χ3v) is 5.92. The minimum atomic E-state index is 0.793. The first-order chi connectivity index (χ1) is 14.2. The molecule has 1 fully saturated rings. The summed E-state index contributed by atoms with van der Waals surface area (Å²) in [6.07, 6.45) is 11.3. The molecular weight excluding hydrogens is 356 g/mol. The van der Waals surface area contributed by atoms with Crippen LogP contribution in [0.5, 0.6) is 0 Å². The molecule has 0 saturated carbocycles. The van der Waals surface area contributed by atoms with Crippen LogP contribution < -0.4 is 0 Å². The van der Waals surface area contributed by atoms with Gasteiger partial charge in [-0.1, -0.05) is 24.3 Å². The minimum Gasteiger partial charge on any atom is -0.306 e. The van der Waals surface area contributed by atoms with E-state index in [9.17, 15) is 0 Å². The van der Waals surface area contributed by atoms with E-state index in [1.807, 2.05) is 19.2 Å². The molecule has 0 spiro atoms. The highest BCUT2D eigenvalue weighted by molar-refractivity contribution is 5.90. The average Bonchev–Trinajstić information content (AvgIpc) is 3.19. The number of hydrogen-bond acceptors (Lipinski definition) is 4. The number of likely N-dealkylation sites (tertiary alicyclic amines) is 1. The molecule has 5 rings (SSSR count). The second-order valence-corrected chi connectivity index (χ2v) is 7.89. The van der Waals surface area contributed by atoms with Crippen molar-refractivity contribution in [3.63, 3.8) is 0 Å². The van der Waals surface area contributed by atoms with E-state index >= 15 is 0 Å². The summed E-state index contributed by atoms with van der Waals surface area (Å²) >= 11 is 0. The first-order valence-corrected chi connectivity index (χ1v) is 10.3. The Kier molecular flexibility index (Phi) is 5.81. The zero-order valence-electron chi connectivity index (χ0n) is 17.3. The summed E-state index contributed by atoms with van der Waals surface area (Å²) in [6, 6.07) is 10.5. The highest BCUT2D eigenvalue weighted by atomic mass is 15.1. The maximum Gasteiger partial charge on any atom is 0.116 e. The number of piperidine rings is 1. The number of fused-ring (bicyclic) bond motifs is 2. The number of nitrogens with zero attached hydrogens (tertiary/aromatic N) is 4. The van der Waals surface area contributed by atoms with Gasteiger partial charge < -0.3 is 4.90 Å². The first-order valence-electron chi connectivity index (χ1n) is 10.3. The van der Waals surface area contributed by atoms with Crippen LogP contribution in [-0.2, 0) is 6.42 Å². The van der Waals surface area contributed by atoms with E-state index in [1.165, 1.54) is 42.6 Å². The zero-order chi connectivity index (χ0) is 20.2. The Hall–Kier alpha value is -2.85. The molecule has 0 bridgehead atoms. The summed E-state index contributed by atoms with van der Waals surface area (Å²) in [5.41, 5.74) is 6.87. The van der Waals surface area contributed by atoms with Crippen LogP contribution in [-0.4, -0.2) is 40.0 Å². The van der Waals surface area contributed by atoms with Crippen LogP contribution in [0.4, 0.5) is 0 Å². The van der Waals surface area contributed by atoms with Crippen molar-refractivity contribution >= 4 is 16.5 Å². The summed E-state index contributed by atoms with van der Waals surface area (Å²) < 4.78 is 0. The van der Waals surface area contributed by atoms with Gasteiger partial charge in [-0.25, -0.2) is 9.97 Å². The number of allylic oxidation sites excluding steroid dienone is 2. The lowest BCUT2D eigenvalue weighted by Gasteiger charge is -2.26. The molecule has 4 nitrogen and oxygen atoms in total. The van der Waals surface area contributed by atoms with Crippen LogP contribution in [0, 0.1) is 12.8 Å². The van der Waals surface area contributed by atoms with Crippen molar-refractivity contribution in [1.29, 1.82) is 0 Å². The number of benzene rings is 1. The monoisotopic (exact) mass is 384 g/mol. The summed E-state index contributed by atoms with van der Waals surface area (Å²) in [5.74, 6) is 0.793. The van der Waals surface area contributed by atoms with E-state index in [2.05, 4.69) is 69.9 Å². The van der Waals surface area contributed by atoms with Gasteiger partial charge in [0, 0.05) is 29.3 Å². The fourth-order valence-electron chi connectivity index (χ4n) is 4.05. The summed E-state index contributed by atoms with van der Waals surface area (Å²) in [7, 11) is 2.18. The minimum absolute atomic E-state index is 0.793. The Balaban J connectivity index is 0.000000192. The highest BCUT2D eigenvalue weighted by Crippen LogP contribution is 2.32. The van der Waals surface area contributed by atoms with Gasteiger partial charge in [0.05, 0.1) is 11.2 Å². The number of pyridine rings is 1. The summed E-state index contributed by atoms with van der Waals surface area (Å²) in [6.45, 7) is 8.30. The maximum atomic E-state index is 4.44. The van der Waals surface area contributed by atoms with Gasteiger partial charge in [-0.05, 0) is 75.2 Å². The van der Waals surface area contributed by atoms with Gasteiger partial charge >= 0.3 is 0 Å². The normalized spacial score (nSPS) is 16.7. The summed E-state index contributed by atoms with van der Waals surface area (Å²) in [5, 5.41) is 1.11. The molecule has 1 aliphatic carbocycles. The lowest BCUT2D eigenvalue weighted by Crippen LogP contribution is -2.29. The van der Waals surface area contributed by atoms with Crippen molar-refractivity contribution < 1.29 is 0 Å². The Labute approximate surface area is 173 Å². The molecule has 1 aromatic carbocycles. The second kappa shape index (κ2) is 8.66. The quantitative estimate of drug-likeness (QED) is 0.593. The van der Waals surface area contributed by atoms with Gasteiger partial charge in [0.25, 0.3) is 0 Å². The molecule has 0 radical (unpaired) electrons. The molecule has 148 valence electrons. The van der Waals surface area contributed by atoms with Crippen LogP contribution in [0.2, 0.25) is 0 Å². The number of rotatable bonds is 2. The molecule has 0 N–H and O–H groups in total. The summed E-state index contributed by atoms with van der Waals surface area (Å²) in [4.78, 5) is 15.4. The van der Waals surface area contributed by atoms with Gasteiger partial charge in [0.1, 0.15) is 6.33 Å². The van der Waals surface area contributed by atoms with E-state index < -0.39 is 0 Å². The van der Waals surface area contributed by atoms with E-state index in [0.717, 1.165) is 34.6 Å². The molecule has 0 amide bonds. The molecule has 2 aliphatic rings. The average molecular weight is 385 g/mol. The lowest BCUT2D eigenvalue weighted by atomic mass is 9.98. The maximum absolute atomic E-state index is 4.44. The van der Waals surface area contributed by atoms with Crippen molar-refractivity contribution in [2.24, 2.45) is 5.92 Å². The zero-order valence-corrected chi connectivity index (χ0v) is 17.3. The molecule has 0 atom stereocenters. The van der Waals surface area contributed by atoms with Crippen LogP contribution in [0.25, 0.3) is 16.5 Å². The second-order valence-electron chi connectivity index (χ2n) is 7.89. The third-order valence-electron chi connectivity index (χ3n) is 5.92. The van der Waals surface area contributed by atoms with Gasteiger partial charge in [-0.15, -0.1) is 6.58 Å². The predicted molar refractivity (Wildman–Crippen MR) is 120 cm³/mol. The fourth-order valence-corrected chi connectivity index (χ4v) is 4.05. The Morgan fingerprint density at radius 1 is 1.10 bits per heavy atom. The number of aryl methyl sites for hydroxylation is 1. The van der Waals surface area contributed by atoms with Crippen LogP contribution in [0.15, 0.2) is 61.6 Å². The fraction of sp³-hybridized carbons (Fsp3) is 0.320. The van der Waals surface area contributed by atoms with Gasteiger partial charge in [0.2, 0.25) is 0 Å². The van der Waals surface area contributed by atoms with Crippen molar-refractivity contribution in [1.82, 2.24) is 19.9 Å². The van der Waals surface area contributed by atoms with Crippen molar-refractivity contribution in [3.05, 3.63) is 84.1 Å². The molecular formula is C25H28N4.